The van der Waals surface area contributed by atoms with E-state index < -0.39 is 0 Å². The fraction of sp³-hybridized carbons (Fsp3) is 0.364. The van der Waals surface area contributed by atoms with Crippen LogP contribution in [0, 0.1) is 17.3 Å². The third-order valence-electron chi connectivity index (χ3n) is 1.39. The van der Waals surface area contributed by atoms with E-state index in [0.717, 1.165) is 0 Å². The van der Waals surface area contributed by atoms with Crippen molar-refractivity contribution in [2.75, 3.05) is 0 Å². The van der Waals surface area contributed by atoms with Crippen LogP contribution >= 0.6 is 0 Å². The molecule has 0 aromatic carbocycles. The van der Waals surface area contributed by atoms with Gasteiger partial charge < -0.3 is 4.98 Å². The molecule has 0 aliphatic carbocycles. The number of nitrogens with one attached hydrogen (secondary N) is 1. The van der Waals surface area contributed by atoms with E-state index in [9.17, 15) is 4.79 Å². The second-order valence-electron chi connectivity index (χ2n) is 3.91. The first-order valence-corrected chi connectivity index (χ1v) is 4.20. The predicted molar refractivity (Wildman–Crippen MR) is 53.4 cm³/mol. The van der Waals surface area contributed by atoms with Gasteiger partial charge in [-0.1, -0.05) is 11.8 Å². The third kappa shape index (κ3) is 3.16. The van der Waals surface area contributed by atoms with Crippen LogP contribution in [-0.2, 0) is 0 Å². The van der Waals surface area contributed by atoms with Gasteiger partial charge in [-0.2, -0.15) is 0 Å². The lowest BCUT2D eigenvalue weighted by Gasteiger charge is -2.06. The zero-order valence-corrected chi connectivity index (χ0v) is 8.14. The van der Waals surface area contributed by atoms with E-state index in [1.807, 2.05) is 20.8 Å². The van der Waals surface area contributed by atoms with Crippen LogP contribution in [0.3, 0.4) is 0 Å². The van der Waals surface area contributed by atoms with Gasteiger partial charge in [0.05, 0.1) is 5.56 Å². The first-order chi connectivity index (χ1) is 5.99. The Morgan fingerprint density at radius 2 is 2.08 bits per heavy atom. The lowest BCUT2D eigenvalue weighted by molar-refractivity contribution is 0.571. The van der Waals surface area contributed by atoms with Crippen LogP contribution in [0.1, 0.15) is 26.3 Å². The molecule has 0 aliphatic heterocycles. The molecule has 0 atom stereocenters. The minimum absolute atomic E-state index is 0.0672. The number of aromatic amines is 1. The fourth-order valence-corrected chi connectivity index (χ4v) is 0.775. The highest BCUT2D eigenvalue weighted by Gasteiger charge is 2.03. The van der Waals surface area contributed by atoms with Crippen molar-refractivity contribution in [1.29, 1.82) is 0 Å². The molecule has 68 valence electrons. The smallest absolute Gasteiger partial charge is 0.263 e. The lowest BCUT2D eigenvalue weighted by atomic mass is 9.97. The molecule has 1 heterocycles. The van der Waals surface area contributed by atoms with Crippen molar-refractivity contribution >= 4 is 0 Å². The molecule has 1 rings (SSSR count). The third-order valence-corrected chi connectivity index (χ3v) is 1.39. The van der Waals surface area contributed by atoms with Crippen molar-refractivity contribution in [3.63, 3.8) is 0 Å². The minimum atomic E-state index is -0.126. The SMILES string of the molecule is CC(C)(C)C#Cc1ccc[nH]c1=O. The Morgan fingerprint density at radius 1 is 1.38 bits per heavy atom. The average Bonchev–Trinajstić information content (AvgIpc) is 2.01. The van der Waals surface area contributed by atoms with Crippen LogP contribution in [0.4, 0.5) is 0 Å². The van der Waals surface area contributed by atoms with E-state index in [0.29, 0.717) is 5.56 Å². The average molecular weight is 175 g/mol. The molecule has 0 saturated heterocycles. The first-order valence-electron chi connectivity index (χ1n) is 4.20. The van der Waals surface area contributed by atoms with E-state index in [1.165, 1.54) is 0 Å². The van der Waals surface area contributed by atoms with Gasteiger partial charge in [0.25, 0.3) is 5.56 Å². The number of aromatic nitrogens is 1. The number of hydrogen-bond acceptors (Lipinski definition) is 1. The number of pyridine rings is 1. The molecule has 13 heavy (non-hydrogen) atoms. The molecule has 0 amide bonds. The van der Waals surface area contributed by atoms with Gasteiger partial charge in [0, 0.05) is 11.6 Å². The molecule has 0 saturated carbocycles. The summed E-state index contributed by atoms with van der Waals surface area (Å²) in [6.45, 7) is 6.03. The zero-order valence-electron chi connectivity index (χ0n) is 8.14. The van der Waals surface area contributed by atoms with Crippen molar-refractivity contribution < 1.29 is 0 Å². The Bertz CT molecular complexity index is 398. The van der Waals surface area contributed by atoms with E-state index >= 15 is 0 Å². The van der Waals surface area contributed by atoms with Crippen LogP contribution < -0.4 is 5.56 Å². The first kappa shape index (κ1) is 9.60. The van der Waals surface area contributed by atoms with Crippen molar-refractivity contribution in [2.24, 2.45) is 5.41 Å². The zero-order chi connectivity index (χ0) is 9.90. The van der Waals surface area contributed by atoms with Crippen molar-refractivity contribution in [2.45, 2.75) is 20.8 Å². The number of rotatable bonds is 0. The summed E-state index contributed by atoms with van der Waals surface area (Å²) in [7, 11) is 0. The summed E-state index contributed by atoms with van der Waals surface area (Å²) in [6, 6.07) is 3.49. The molecule has 2 nitrogen and oxygen atoms in total. The minimum Gasteiger partial charge on any atom is -0.328 e. The molecular weight excluding hydrogens is 162 g/mol. The maximum absolute atomic E-state index is 11.2. The standard InChI is InChI=1S/C11H13NO/c1-11(2,3)7-6-9-5-4-8-12-10(9)13/h4-5,8H,1-3H3,(H,12,13). The number of hydrogen-bond donors (Lipinski definition) is 1. The van der Waals surface area contributed by atoms with Crippen LogP contribution in [-0.4, -0.2) is 4.98 Å². The number of H-pyrrole nitrogens is 1. The van der Waals surface area contributed by atoms with E-state index in [2.05, 4.69) is 16.8 Å². The highest BCUT2D eigenvalue weighted by atomic mass is 16.1. The summed E-state index contributed by atoms with van der Waals surface area (Å²) in [5, 5.41) is 0. The Morgan fingerprint density at radius 3 is 2.62 bits per heavy atom. The molecule has 1 N–H and O–H groups in total. The topological polar surface area (TPSA) is 32.9 Å². The molecule has 0 fully saturated rings. The Labute approximate surface area is 78.0 Å². The molecule has 0 aliphatic rings. The van der Waals surface area contributed by atoms with Crippen molar-refractivity contribution in [3.05, 3.63) is 34.2 Å². The van der Waals surface area contributed by atoms with Gasteiger partial charge in [-0.05, 0) is 32.9 Å². The molecule has 1 aromatic rings. The molecule has 2 heteroatoms. The predicted octanol–water partition coefficient (Wildman–Crippen LogP) is 1.77. The van der Waals surface area contributed by atoms with Gasteiger partial charge in [0.1, 0.15) is 0 Å². The van der Waals surface area contributed by atoms with Gasteiger partial charge in [0.15, 0.2) is 0 Å². The molecule has 0 spiro atoms. The maximum atomic E-state index is 11.2. The van der Waals surface area contributed by atoms with Crippen LogP contribution in [0.5, 0.6) is 0 Å². The van der Waals surface area contributed by atoms with Gasteiger partial charge >= 0.3 is 0 Å². The Kier molecular flexibility index (Phi) is 2.57. The molecule has 1 aromatic heterocycles. The maximum Gasteiger partial charge on any atom is 0.263 e. The molecule has 0 radical (unpaired) electrons. The quantitative estimate of drug-likeness (QED) is 0.599. The fourth-order valence-electron chi connectivity index (χ4n) is 0.775. The summed E-state index contributed by atoms with van der Waals surface area (Å²) in [5.74, 6) is 5.87. The molecule has 0 unspecified atom stereocenters. The van der Waals surface area contributed by atoms with Gasteiger partial charge in [0.2, 0.25) is 0 Å². The van der Waals surface area contributed by atoms with Crippen LogP contribution in [0.2, 0.25) is 0 Å². The monoisotopic (exact) mass is 175 g/mol. The van der Waals surface area contributed by atoms with Crippen LogP contribution in [0.25, 0.3) is 0 Å². The van der Waals surface area contributed by atoms with Crippen molar-refractivity contribution in [3.8, 4) is 11.8 Å². The summed E-state index contributed by atoms with van der Waals surface area (Å²) >= 11 is 0. The Hall–Kier alpha value is -1.49. The van der Waals surface area contributed by atoms with Gasteiger partial charge in [-0.25, -0.2) is 0 Å². The molecule has 0 bridgehead atoms. The van der Waals surface area contributed by atoms with E-state index in [1.54, 1.807) is 18.3 Å². The van der Waals surface area contributed by atoms with E-state index in [4.69, 9.17) is 0 Å². The summed E-state index contributed by atoms with van der Waals surface area (Å²) < 4.78 is 0. The summed E-state index contributed by atoms with van der Waals surface area (Å²) in [5.41, 5.74) is 0.333. The van der Waals surface area contributed by atoms with Crippen LogP contribution in [0.15, 0.2) is 23.1 Å². The molecular formula is C11H13NO. The van der Waals surface area contributed by atoms with Crippen molar-refractivity contribution in [1.82, 2.24) is 4.98 Å². The van der Waals surface area contributed by atoms with E-state index in [-0.39, 0.29) is 11.0 Å². The summed E-state index contributed by atoms with van der Waals surface area (Å²) in [4.78, 5) is 13.8. The largest absolute Gasteiger partial charge is 0.328 e. The highest BCUT2D eigenvalue weighted by Crippen LogP contribution is 2.09. The van der Waals surface area contributed by atoms with Gasteiger partial charge in [-0.3, -0.25) is 4.79 Å². The Balaban J connectivity index is 3.04. The summed E-state index contributed by atoms with van der Waals surface area (Å²) in [6.07, 6.45) is 1.60. The second kappa shape index (κ2) is 3.49. The second-order valence-corrected chi connectivity index (χ2v) is 3.91. The normalized spacial score (nSPS) is 10.4. The lowest BCUT2D eigenvalue weighted by Crippen LogP contribution is -2.08. The van der Waals surface area contributed by atoms with Gasteiger partial charge in [-0.15, -0.1) is 0 Å². The highest BCUT2D eigenvalue weighted by molar-refractivity contribution is 5.32.